The molecule has 0 radical (unpaired) electrons. The molecule has 20 heavy (non-hydrogen) atoms. The summed E-state index contributed by atoms with van der Waals surface area (Å²) in [5, 5.41) is 0. The van der Waals surface area contributed by atoms with Crippen LogP contribution in [0.4, 0.5) is 10.1 Å². The summed E-state index contributed by atoms with van der Waals surface area (Å²) in [7, 11) is 0. The van der Waals surface area contributed by atoms with E-state index in [0.717, 1.165) is 32.7 Å². The van der Waals surface area contributed by atoms with Gasteiger partial charge in [-0.05, 0) is 13.5 Å². The molecule has 0 unspecified atom stereocenters. The van der Waals surface area contributed by atoms with E-state index in [1.165, 1.54) is 12.3 Å². The van der Waals surface area contributed by atoms with Gasteiger partial charge in [-0.25, -0.2) is 14.2 Å². The van der Waals surface area contributed by atoms with Crippen molar-refractivity contribution in [1.82, 2.24) is 9.88 Å². The van der Waals surface area contributed by atoms with E-state index in [0.29, 0.717) is 5.69 Å². The summed E-state index contributed by atoms with van der Waals surface area (Å²) >= 11 is 0. The predicted molar refractivity (Wildman–Crippen MR) is 74.5 cm³/mol. The van der Waals surface area contributed by atoms with Crippen molar-refractivity contribution in [3.63, 3.8) is 0 Å². The topological polar surface area (TPSA) is 45.7 Å². The molecule has 0 amide bonds. The molecule has 2 heterocycles. The van der Waals surface area contributed by atoms with Crippen molar-refractivity contribution in [2.24, 2.45) is 0 Å². The maximum Gasteiger partial charge on any atom is 0.359 e. The number of aromatic nitrogens is 1. The van der Waals surface area contributed by atoms with Crippen LogP contribution < -0.4 is 4.90 Å². The molecule has 5 nitrogen and oxygen atoms in total. The Balaban J connectivity index is 2.07. The van der Waals surface area contributed by atoms with Gasteiger partial charge in [-0.3, -0.25) is 0 Å². The number of pyridine rings is 1. The van der Waals surface area contributed by atoms with Gasteiger partial charge in [0.15, 0.2) is 11.5 Å². The van der Waals surface area contributed by atoms with Crippen molar-refractivity contribution >= 4 is 11.7 Å². The van der Waals surface area contributed by atoms with E-state index >= 15 is 0 Å². The molecule has 1 aliphatic rings. The second-order valence-electron chi connectivity index (χ2n) is 4.67. The lowest BCUT2D eigenvalue weighted by molar-refractivity contribution is 0.0513. The first kappa shape index (κ1) is 14.7. The van der Waals surface area contributed by atoms with Gasteiger partial charge in [0.2, 0.25) is 0 Å². The maximum atomic E-state index is 13.9. The third-order valence-electron chi connectivity index (χ3n) is 3.48. The third-order valence-corrected chi connectivity index (χ3v) is 3.48. The Morgan fingerprint density at radius 1 is 1.35 bits per heavy atom. The van der Waals surface area contributed by atoms with Gasteiger partial charge >= 0.3 is 5.97 Å². The van der Waals surface area contributed by atoms with E-state index in [1.807, 2.05) is 0 Å². The number of esters is 1. The van der Waals surface area contributed by atoms with Crippen LogP contribution in [-0.2, 0) is 4.74 Å². The number of piperazine rings is 1. The van der Waals surface area contributed by atoms with Gasteiger partial charge in [0.1, 0.15) is 0 Å². The van der Waals surface area contributed by atoms with Crippen molar-refractivity contribution in [1.29, 1.82) is 0 Å². The predicted octanol–water partition coefficient (Wildman–Crippen LogP) is 1.54. The number of hydrogen-bond acceptors (Lipinski definition) is 5. The molecule has 1 saturated heterocycles. The summed E-state index contributed by atoms with van der Waals surface area (Å²) in [6.45, 7) is 8.64. The molecule has 0 aliphatic carbocycles. The molecule has 0 N–H and O–H groups in total. The van der Waals surface area contributed by atoms with E-state index in [2.05, 4.69) is 21.7 Å². The first-order chi connectivity index (χ1) is 9.65. The quantitative estimate of drug-likeness (QED) is 0.783. The van der Waals surface area contributed by atoms with Gasteiger partial charge in [-0.15, -0.1) is 0 Å². The fourth-order valence-corrected chi connectivity index (χ4v) is 2.27. The van der Waals surface area contributed by atoms with E-state index < -0.39 is 11.8 Å². The second-order valence-corrected chi connectivity index (χ2v) is 4.67. The van der Waals surface area contributed by atoms with Crippen LogP contribution in [0, 0.1) is 5.82 Å². The minimum Gasteiger partial charge on any atom is -0.461 e. The molecule has 1 fully saturated rings. The van der Waals surface area contributed by atoms with Crippen LogP contribution >= 0.6 is 0 Å². The van der Waals surface area contributed by atoms with Crippen LogP contribution in [0.25, 0.3) is 0 Å². The molecular formula is C14H20FN3O2. The van der Waals surface area contributed by atoms with Crippen LogP contribution in [0.2, 0.25) is 0 Å². The number of likely N-dealkylation sites (N-methyl/N-ethyl adjacent to an activating group) is 1. The Hall–Kier alpha value is -1.69. The van der Waals surface area contributed by atoms with Crippen molar-refractivity contribution < 1.29 is 13.9 Å². The van der Waals surface area contributed by atoms with Crippen LogP contribution in [0.15, 0.2) is 12.3 Å². The van der Waals surface area contributed by atoms with Crippen molar-refractivity contribution in [2.45, 2.75) is 13.8 Å². The molecule has 6 heteroatoms. The zero-order valence-corrected chi connectivity index (χ0v) is 11.9. The molecule has 1 aliphatic heterocycles. The van der Waals surface area contributed by atoms with Crippen LogP contribution in [0.1, 0.15) is 24.3 Å². The lowest BCUT2D eigenvalue weighted by Crippen LogP contribution is -2.46. The van der Waals surface area contributed by atoms with Crippen LogP contribution in [0.5, 0.6) is 0 Å². The van der Waals surface area contributed by atoms with Crippen LogP contribution in [0.3, 0.4) is 0 Å². The summed E-state index contributed by atoms with van der Waals surface area (Å²) in [6.07, 6.45) is 1.54. The standard InChI is InChI=1S/C14H20FN3O2/c1-3-17-5-7-18(8-6-17)11-9-12(15)13(16-10-11)14(19)20-4-2/h9-10H,3-8H2,1-2H3. The molecule has 0 bridgehead atoms. The lowest BCUT2D eigenvalue weighted by atomic mass is 10.2. The third kappa shape index (κ3) is 3.25. The fraction of sp³-hybridized carbons (Fsp3) is 0.571. The Kier molecular flexibility index (Phi) is 4.89. The van der Waals surface area contributed by atoms with E-state index in [-0.39, 0.29) is 12.3 Å². The van der Waals surface area contributed by atoms with Gasteiger partial charge < -0.3 is 14.5 Å². The van der Waals surface area contributed by atoms with Gasteiger partial charge in [0, 0.05) is 32.2 Å². The Bertz CT molecular complexity index is 473. The lowest BCUT2D eigenvalue weighted by Gasteiger charge is -2.35. The molecule has 1 aromatic heterocycles. The molecule has 0 atom stereocenters. The normalized spacial score (nSPS) is 16.2. The largest absolute Gasteiger partial charge is 0.461 e. The molecule has 0 aromatic carbocycles. The highest BCUT2D eigenvalue weighted by Crippen LogP contribution is 2.18. The highest BCUT2D eigenvalue weighted by molar-refractivity contribution is 5.87. The van der Waals surface area contributed by atoms with E-state index in [1.54, 1.807) is 6.92 Å². The number of carbonyl (C=O) groups excluding carboxylic acids is 1. The maximum absolute atomic E-state index is 13.9. The number of rotatable bonds is 4. The van der Waals surface area contributed by atoms with Crippen molar-refractivity contribution in [2.75, 3.05) is 44.2 Å². The van der Waals surface area contributed by atoms with Crippen LogP contribution in [-0.4, -0.2) is 55.2 Å². The van der Waals surface area contributed by atoms with Gasteiger partial charge in [0.05, 0.1) is 18.5 Å². The van der Waals surface area contributed by atoms with Crippen molar-refractivity contribution in [3.05, 3.63) is 23.8 Å². The van der Waals surface area contributed by atoms with E-state index in [4.69, 9.17) is 4.74 Å². The zero-order chi connectivity index (χ0) is 14.5. The second kappa shape index (κ2) is 6.65. The average molecular weight is 281 g/mol. The fourth-order valence-electron chi connectivity index (χ4n) is 2.27. The summed E-state index contributed by atoms with van der Waals surface area (Å²) < 4.78 is 18.7. The molecule has 1 aromatic rings. The minimum atomic E-state index is -0.715. The number of hydrogen-bond donors (Lipinski definition) is 0. The molecule has 0 saturated carbocycles. The van der Waals surface area contributed by atoms with Gasteiger partial charge in [-0.1, -0.05) is 6.92 Å². The Morgan fingerprint density at radius 2 is 2.05 bits per heavy atom. The van der Waals surface area contributed by atoms with Crippen molar-refractivity contribution in [3.8, 4) is 0 Å². The van der Waals surface area contributed by atoms with E-state index in [9.17, 15) is 9.18 Å². The molecule has 2 rings (SSSR count). The summed E-state index contributed by atoms with van der Waals surface area (Å²) in [5.41, 5.74) is 0.467. The smallest absolute Gasteiger partial charge is 0.359 e. The highest BCUT2D eigenvalue weighted by atomic mass is 19.1. The zero-order valence-electron chi connectivity index (χ0n) is 11.9. The number of halogens is 1. The number of nitrogens with zero attached hydrogens (tertiary/aromatic N) is 3. The Morgan fingerprint density at radius 3 is 2.60 bits per heavy atom. The van der Waals surface area contributed by atoms with Gasteiger partial charge in [-0.2, -0.15) is 0 Å². The summed E-state index contributed by atoms with van der Waals surface area (Å²) in [5.74, 6) is -1.34. The summed E-state index contributed by atoms with van der Waals surface area (Å²) in [6, 6.07) is 1.36. The first-order valence-corrected chi connectivity index (χ1v) is 6.95. The number of anilines is 1. The van der Waals surface area contributed by atoms with Gasteiger partial charge in [0.25, 0.3) is 0 Å². The number of carbonyl (C=O) groups is 1. The monoisotopic (exact) mass is 281 g/mol. The summed E-state index contributed by atoms with van der Waals surface area (Å²) in [4.78, 5) is 19.8. The number of ether oxygens (including phenoxy) is 1. The molecule has 110 valence electrons. The highest BCUT2D eigenvalue weighted by Gasteiger charge is 2.20. The average Bonchev–Trinajstić information content (AvgIpc) is 2.47. The molecule has 0 spiro atoms. The first-order valence-electron chi connectivity index (χ1n) is 6.95. The minimum absolute atomic E-state index is 0.209. The Labute approximate surface area is 118 Å². The SMILES string of the molecule is CCOC(=O)c1ncc(N2CCN(CC)CC2)cc1F. The molecular weight excluding hydrogens is 261 g/mol.